The first-order valence-corrected chi connectivity index (χ1v) is 6.83. The Hall–Kier alpha value is -2.64. The Kier molecular flexibility index (Phi) is 3.67. The lowest BCUT2D eigenvalue weighted by Crippen LogP contribution is -2.05. The SMILES string of the molecule is [C-]#[N+]c1c[nH]c2cc(C(CCO)c3ccccn3)ccc12. The molecule has 1 unspecified atom stereocenters. The van der Waals surface area contributed by atoms with Gasteiger partial charge in [0.2, 0.25) is 5.69 Å². The van der Waals surface area contributed by atoms with Gasteiger partial charge < -0.3 is 10.1 Å². The summed E-state index contributed by atoms with van der Waals surface area (Å²) in [5.41, 5.74) is 3.61. The fourth-order valence-corrected chi connectivity index (χ4v) is 2.63. The van der Waals surface area contributed by atoms with E-state index in [2.05, 4.69) is 14.8 Å². The molecule has 0 radical (unpaired) electrons. The highest BCUT2D eigenvalue weighted by molar-refractivity contribution is 5.93. The Bertz CT molecular complexity index is 787. The molecule has 0 bridgehead atoms. The summed E-state index contributed by atoms with van der Waals surface area (Å²) >= 11 is 0. The number of hydrogen-bond donors (Lipinski definition) is 2. The van der Waals surface area contributed by atoms with Crippen molar-refractivity contribution in [2.24, 2.45) is 0 Å². The van der Waals surface area contributed by atoms with Crippen LogP contribution < -0.4 is 0 Å². The van der Waals surface area contributed by atoms with E-state index in [-0.39, 0.29) is 12.5 Å². The van der Waals surface area contributed by atoms with Gasteiger partial charge in [-0.05, 0) is 30.2 Å². The third-order valence-electron chi connectivity index (χ3n) is 3.67. The summed E-state index contributed by atoms with van der Waals surface area (Å²) in [7, 11) is 0. The first-order valence-electron chi connectivity index (χ1n) is 6.83. The molecule has 21 heavy (non-hydrogen) atoms. The number of aliphatic hydroxyl groups excluding tert-OH is 1. The number of nitrogens with zero attached hydrogens (tertiary/aromatic N) is 2. The monoisotopic (exact) mass is 277 g/mol. The minimum Gasteiger partial charge on any atom is -0.396 e. The molecule has 4 heteroatoms. The lowest BCUT2D eigenvalue weighted by molar-refractivity contribution is 0.281. The molecule has 0 aliphatic heterocycles. The van der Waals surface area contributed by atoms with E-state index in [0.29, 0.717) is 12.1 Å². The summed E-state index contributed by atoms with van der Waals surface area (Å²) in [5.74, 6) is 0.0558. The number of aliphatic hydroxyl groups is 1. The predicted molar refractivity (Wildman–Crippen MR) is 82.3 cm³/mol. The number of aromatic nitrogens is 2. The Balaban J connectivity index is 2.06. The summed E-state index contributed by atoms with van der Waals surface area (Å²) in [6, 6.07) is 11.8. The molecule has 0 aliphatic carbocycles. The standard InChI is InChI=1S/C17H15N3O/c1-18-17-11-20-16-10-12(5-6-14(16)17)13(7-9-21)15-4-2-3-8-19-15/h2-6,8,10-11,13,20-21H,7,9H2. The van der Waals surface area contributed by atoms with Gasteiger partial charge in [-0.2, -0.15) is 0 Å². The Morgan fingerprint density at radius 2 is 2.19 bits per heavy atom. The summed E-state index contributed by atoms with van der Waals surface area (Å²) in [6.45, 7) is 7.25. The highest BCUT2D eigenvalue weighted by Gasteiger charge is 2.16. The molecule has 3 rings (SSSR count). The number of H-pyrrole nitrogens is 1. The van der Waals surface area contributed by atoms with E-state index < -0.39 is 0 Å². The smallest absolute Gasteiger partial charge is 0.211 e. The van der Waals surface area contributed by atoms with E-state index in [9.17, 15) is 5.11 Å². The van der Waals surface area contributed by atoms with Crippen molar-refractivity contribution in [1.29, 1.82) is 0 Å². The lowest BCUT2D eigenvalue weighted by Gasteiger charge is -2.16. The molecular formula is C17H15N3O. The van der Waals surface area contributed by atoms with Gasteiger partial charge in [-0.1, -0.05) is 18.2 Å². The average Bonchev–Trinajstić information content (AvgIpc) is 2.95. The zero-order valence-corrected chi connectivity index (χ0v) is 11.5. The van der Waals surface area contributed by atoms with Gasteiger partial charge in [0.25, 0.3) is 0 Å². The zero-order valence-electron chi connectivity index (χ0n) is 11.5. The Morgan fingerprint density at radius 1 is 1.29 bits per heavy atom. The quantitative estimate of drug-likeness (QED) is 0.715. The number of benzene rings is 1. The lowest BCUT2D eigenvalue weighted by atomic mass is 9.91. The second-order valence-corrected chi connectivity index (χ2v) is 4.91. The molecule has 1 atom stereocenters. The molecule has 2 N–H and O–H groups in total. The molecule has 2 heterocycles. The van der Waals surface area contributed by atoms with Gasteiger partial charge >= 0.3 is 0 Å². The molecular weight excluding hydrogens is 262 g/mol. The summed E-state index contributed by atoms with van der Waals surface area (Å²) < 4.78 is 0. The van der Waals surface area contributed by atoms with E-state index in [1.54, 1.807) is 12.4 Å². The first-order chi connectivity index (χ1) is 10.3. The van der Waals surface area contributed by atoms with Gasteiger partial charge in [0, 0.05) is 41.5 Å². The maximum absolute atomic E-state index is 9.34. The number of pyridine rings is 1. The van der Waals surface area contributed by atoms with Crippen LogP contribution in [0.5, 0.6) is 0 Å². The molecule has 0 amide bonds. The average molecular weight is 277 g/mol. The molecule has 2 aromatic heterocycles. The summed E-state index contributed by atoms with van der Waals surface area (Å²) in [5, 5.41) is 10.3. The van der Waals surface area contributed by atoms with Gasteiger partial charge in [-0.15, -0.1) is 0 Å². The van der Waals surface area contributed by atoms with Crippen LogP contribution in [0, 0.1) is 6.57 Å². The number of rotatable bonds is 4. The molecule has 4 nitrogen and oxygen atoms in total. The molecule has 0 saturated heterocycles. The fourth-order valence-electron chi connectivity index (χ4n) is 2.63. The van der Waals surface area contributed by atoms with Crippen LogP contribution in [0.4, 0.5) is 5.69 Å². The molecule has 104 valence electrons. The second kappa shape index (κ2) is 5.78. The largest absolute Gasteiger partial charge is 0.396 e. The van der Waals surface area contributed by atoms with Crippen LogP contribution in [-0.2, 0) is 0 Å². The number of fused-ring (bicyclic) bond motifs is 1. The van der Waals surface area contributed by atoms with E-state index in [4.69, 9.17) is 6.57 Å². The Labute approximate surface area is 122 Å². The van der Waals surface area contributed by atoms with Crippen molar-refractivity contribution in [2.45, 2.75) is 12.3 Å². The van der Waals surface area contributed by atoms with Gasteiger partial charge in [0.15, 0.2) is 0 Å². The van der Waals surface area contributed by atoms with Crippen molar-refractivity contribution in [3.05, 3.63) is 71.5 Å². The number of aromatic amines is 1. The topological polar surface area (TPSA) is 53.3 Å². The minimum atomic E-state index is 0.0558. The highest BCUT2D eigenvalue weighted by Crippen LogP contribution is 2.32. The van der Waals surface area contributed by atoms with Crippen LogP contribution in [-0.4, -0.2) is 21.7 Å². The van der Waals surface area contributed by atoms with Crippen LogP contribution in [0.25, 0.3) is 15.7 Å². The van der Waals surface area contributed by atoms with Crippen LogP contribution >= 0.6 is 0 Å². The highest BCUT2D eigenvalue weighted by atomic mass is 16.3. The molecule has 0 saturated carbocycles. The maximum atomic E-state index is 9.34. The molecule has 1 aromatic carbocycles. The van der Waals surface area contributed by atoms with E-state index in [1.165, 1.54) is 0 Å². The van der Waals surface area contributed by atoms with Crippen molar-refractivity contribution in [3.63, 3.8) is 0 Å². The van der Waals surface area contributed by atoms with Crippen LogP contribution in [0.3, 0.4) is 0 Å². The normalized spacial score (nSPS) is 12.2. The second-order valence-electron chi connectivity index (χ2n) is 4.91. The van der Waals surface area contributed by atoms with Crippen molar-refractivity contribution in [3.8, 4) is 0 Å². The maximum Gasteiger partial charge on any atom is 0.211 e. The van der Waals surface area contributed by atoms with Gasteiger partial charge in [-0.3, -0.25) is 4.98 Å². The van der Waals surface area contributed by atoms with E-state index in [0.717, 1.165) is 22.2 Å². The van der Waals surface area contributed by atoms with E-state index >= 15 is 0 Å². The van der Waals surface area contributed by atoms with Crippen molar-refractivity contribution < 1.29 is 5.11 Å². The van der Waals surface area contributed by atoms with E-state index in [1.807, 2.05) is 36.4 Å². The minimum absolute atomic E-state index is 0.0558. The fraction of sp³-hybridized carbons (Fsp3) is 0.176. The number of nitrogens with one attached hydrogen (secondary N) is 1. The third-order valence-corrected chi connectivity index (χ3v) is 3.67. The zero-order chi connectivity index (χ0) is 14.7. The first kappa shape index (κ1) is 13.3. The molecule has 0 aliphatic rings. The van der Waals surface area contributed by atoms with Gasteiger partial charge in [0.05, 0.1) is 6.57 Å². The van der Waals surface area contributed by atoms with Crippen LogP contribution in [0.1, 0.15) is 23.6 Å². The van der Waals surface area contributed by atoms with Gasteiger partial charge in [-0.25, -0.2) is 4.85 Å². The van der Waals surface area contributed by atoms with Crippen molar-refractivity contribution >= 4 is 16.6 Å². The summed E-state index contributed by atoms with van der Waals surface area (Å²) in [6.07, 6.45) is 4.12. The van der Waals surface area contributed by atoms with Crippen LogP contribution in [0.2, 0.25) is 0 Å². The van der Waals surface area contributed by atoms with Crippen molar-refractivity contribution in [2.75, 3.05) is 6.61 Å². The molecule has 3 aromatic rings. The van der Waals surface area contributed by atoms with Crippen LogP contribution in [0.15, 0.2) is 48.8 Å². The Morgan fingerprint density at radius 3 is 2.90 bits per heavy atom. The van der Waals surface area contributed by atoms with Crippen molar-refractivity contribution in [1.82, 2.24) is 9.97 Å². The molecule has 0 spiro atoms. The van der Waals surface area contributed by atoms with Gasteiger partial charge in [0.1, 0.15) is 0 Å². The molecule has 0 fully saturated rings. The predicted octanol–water partition coefficient (Wildman–Crippen LogP) is 3.63. The number of hydrogen-bond acceptors (Lipinski definition) is 2. The summed E-state index contributed by atoms with van der Waals surface area (Å²) in [4.78, 5) is 11.0. The third kappa shape index (κ3) is 2.51.